The molecule has 1 atom stereocenters. The van der Waals surface area contributed by atoms with Gasteiger partial charge in [-0.2, -0.15) is 0 Å². The number of aromatic hydroxyl groups is 1. The predicted octanol–water partition coefficient (Wildman–Crippen LogP) is 2.47. The molecule has 0 radical (unpaired) electrons. The Morgan fingerprint density at radius 2 is 2.06 bits per heavy atom. The summed E-state index contributed by atoms with van der Waals surface area (Å²) in [7, 11) is 0. The Labute approximate surface area is 101 Å². The molecule has 4 heteroatoms. The van der Waals surface area contributed by atoms with Crippen LogP contribution in [-0.2, 0) is 0 Å². The van der Waals surface area contributed by atoms with Crippen LogP contribution in [0.4, 0.5) is 0 Å². The lowest BCUT2D eigenvalue weighted by Gasteiger charge is -2.28. The number of phenolic OH excluding ortho intramolecular Hbond substituents is 1. The van der Waals surface area contributed by atoms with Crippen molar-refractivity contribution in [1.29, 1.82) is 0 Å². The zero-order valence-electron chi connectivity index (χ0n) is 9.79. The molecule has 1 aromatic carbocycles. The van der Waals surface area contributed by atoms with E-state index < -0.39 is 5.54 Å². The molecule has 0 bridgehead atoms. The highest BCUT2D eigenvalue weighted by molar-refractivity contribution is 6.30. The van der Waals surface area contributed by atoms with Crippen molar-refractivity contribution >= 4 is 11.6 Å². The molecule has 1 aromatic rings. The Kier molecular flexibility index (Phi) is 4.19. The molecule has 0 saturated heterocycles. The van der Waals surface area contributed by atoms with Crippen LogP contribution < -0.4 is 5.32 Å². The van der Waals surface area contributed by atoms with E-state index in [9.17, 15) is 5.11 Å². The monoisotopic (exact) mass is 243 g/mol. The Morgan fingerprint density at radius 1 is 1.44 bits per heavy atom. The van der Waals surface area contributed by atoms with E-state index in [0.29, 0.717) is 5.02 Å². The predicted molar refractivity (Wildman–Crippen MR) is 65.8 cm³/mol. The molecular weight excluding hydrogens is 226 g/mol. The maximum atomic E-state index is 9.71. The van der Waals surface area contributed by atoms with E-state index in [2.05, 4.69) is 5.32 Å². The maximum absolute atomic E-state index is 9.71. The van der Waals surface area contributed by atoms with Gasteiger partial charge < -0.3 is 15.5 Å². The van der Waals surface area contributed by atoms with Crippen LogP contribution in [0, 0.1) is 0 Å². The first kappa shape index (κ1) is 13.3. The second-order valence-corrected chi connectivity index (χ2v) is 5.05. The molecule has 0 aliphatic rings. The van der Waals surface area contributed by atoms with Crippen molar-refractivity contribution in [2.45, 2.75) is 32.4 Å². The largest absolute Gasteiger partial charge is 0.508 e. The van der Waals surface area contributed by atoms with Crippen LogP contribution in [0.15, 0.2) is 18.2 Å². The lowest BCUT2D eigenvalue weighted by atomic mass is 10.0. The standard InChI is InChI=1S/C12H18ClNO2/c1-8(14-12(2,3)7-15)10-6-9(13)4-5-11(10)16/h4-6,8,14-16H,7H2,1-3H3. The maximum Gasteiger partial charge on any atom is 0.120 e. The smallest absolute Gasteiger partial charge is 0.120 e. The fourth-order valence-electron chi connectivity index (χ4n) is 1.58. The number of aliphatic hydroxyl groups excluding tert-OH is 1. The van der Waals surface area contributed by atoms with Gasteiger partial charge in [-0.05, 0) is 39.0 Å². The van der Waals surface area contributed by atoms with Gasteiger partial charge in [0.2, 0.25) is 0 Å². The van der Waals surface area contributed by atoms with E-state index in [1.54, 1.807) is 18.2 Å². The molecule has 0 saturated carbocycles. The molecule has 16 heavy (non-hydrogen) atoms. The van der Waals surface area contributed by atoms with Crippen LogP contribution >= 0.6 is 11.6 Å². The number of benzene rings is 1. The Morgan fingerprint density at radius 3 is 2.62 bits per heavy atom. The van der Waals surface area contributed by atoms with Gasteiger partial charge in [0.15, 0.2) is 0 Å². The lowest BCUT2D eigenvalue weighted by molar-refractivity contribution is 0.177. The van der Waals surface area contributed by atoms with Gasteiger partial charge in [0.1, 0.15) is 5.75 Å². The molecule has 0 amide bonds. The average molecular weight is 244 g/mol. The highest BCUT2D eigenvalue weighted by Gasteiger charge is 2.21. The van der Waals surface area contributed by atoms with E-state index in [0.717, 1.165) is 5.56 Å². The Balaban J connectivity index is 2.88. The third-order valence-electron chi connectivity index (χ3n) is 2.46. The van der Waals surface area contributed by atoms with Crippen molar-refractivity contribution in [2.75, 3.05) is 6.61 Å². The minimum Gasteiger partial charge on any atom is -0.508 e. The molecule has 0 aromatic heterocycles. The second kappa shape index (κ2) is 5.04. The highest BCUT2D eigenvalue weighted by atomic mass is 35.5. The summed E-state index contributed by atoms with van der Waals surface area (Å²) in [5.74, 6) is 0.207. The second-order valence-electron chi connectivity index (χ2n) is 4.61. The molecule has 0 heterocycles. The summed E-state index contributed by atoms with van der Waals surface area (Å²) in [4.78, 5) is 0. The van der Waals surface area contributed by atoms with Crippen LogP contribution in [0.25, 0.3) is 0 Å². The van der Waals surface area contributed by atoms with Crippen molar-refractivity contribution in [3.63, 3.8) is 0 Å². The van der Waals surface area contributed by atoms with Crippen molar-refractivity contribution in [2.24, 2.45) is 0 Å². The van der Waals surface area contributed by atoms with Crippen LogP contribution in [0.2, 0.25) is 5.02 Å². The molecular formula is C12H18ClNO2. The number of rotatable bonds is 4. The van der Waals surface area contributed by atoms with Crippen LogP contribution in [0.1, 0.15) is 32.4 Å². The van der Waals surface area contributed by atoms with E-state index in [-0.39, 0.29) is 18.4 Å². The van der Waals surface area contributed by atoms with Crippen LogP contribution in [0.3, 0.4) is 0 Å². The Bertz CT molecular complexity index is 366. The fraction of sp³-hybridized carbons (Fsp3) is 0.500. The first-order valence-corrected chi connectivity index (χ1v) is 5.60. The van der Waals surface area contributed by atoms with Gasteiger partial charge in [-0.1, -0.05) is 11.6 Å². The third-order valence-corrected chi connectivity index (χ3v) is 2.69. The summed E-state index contributed by atoms with van der Waals surface area (Å²) >= 11 is 5.88. The SMILES string of the molecule is CC(NC(C)(C)CO)c1cc(Cl)ccc1O. The summed E-state index contributed by atoms with van der Waals surface area (Å²) in [5, 5.41) is 22.7. The summed E-state index contributed by atoms with van der Waals surface area (Å²) in [6, 6.07) is 4.86. The number of hydrogen-bond donors (Lipinski definition) is 3. The molecule has 1 unspecified atom stereocenters. The number of aliphatic hydroxyl groups is 1. The van der Waals surface area contributed by atoms with Gasteiger partial charge in [0, 0.05) is 22.2 Å². The van der Waals surface area contributed by atoms with Gasteiger partial charge in [0.25, 0.3) is 0 Å². The van der Waals surface area contributed by atoms with Crippen molar-refractivity contribution < 1.29 is 10.2 Å². The summed E-state index contributed by atoms with van der Waals surface area (Å²) in [5.41, 5.74) is 0.336. The molecule has 0 spiro atoms. The van der Waals surface area contributed by atoms with Gasteiger partial charge >= 0.3 is 0 Å². The van der Waals surface area contributed by atoms with Crippen molar-refractivity contribution in [1.82, 2.24) is 5.32 Å². The molecule has 3 N–H and O–H groups in total. The van der Waals surface area contributed by atoms with Gasteiger partial charge in [-0.15, -0.1) is 0 Å². The Hall–Kier alpha value is -0.770. The van der Waals surface area contributed by atoms with E-state index >= 15 is 0 Å². The highest BCUT2D eigenvalue weighted by Crippen LogP contribution is 2.28. The van der Waals surface area contributed by atoms with Gasteiger partial charge in [0.05, 0.1) is 6.61 Å². The van der Waals surface area contributed by atoms with Crippen molar-refractivity contribution in [3.05, 3.63) is 28.8 Å². The minimum atomic E-state index is -0.395. The normalized spacial score (nSPS) is 13.8. The molecule has 1 rings (SSSR count). The minimum absolute atomic E-state index is 0.0265. The quantitative estimate of drug-likeness (QED) is 0.762. The number of nitrogens with one attached hydrogen (secondary N) is 1. The number of halogens is 1. The zero-order valence-corrected chi connectivity index (χ0v) is 10.5. The van der Waals surface area contributed by atoms with Crippen LogP contribution in [0.5, 0.6) is 5.75 Å². The molecule has 0 aliphatic heterocycles. The molecule has 0 fully saturated rings. The topological polar surface area (TPSA) is 52.5 Å². The van der Waals surface area contributed by atoms with E-state index in [1.807, 2.05) is 20.8 Å². The van der Waals surface area contributed by atoms with Gasteiger partial charge in [-0.25, -0.2) is 0 Å². The third kappa shape index (κ3) is 3.37. The van der Waals surface area contributed by atoms with Crippen molar-refractivity contribution in [3.8, 4) is 5.75 Å². The molecule has 0 aliphatic carbocycles. The summed E-state index contributed by atoms with van der Waals surface area (Å²) in [6.07, 6.45) is 0. The summed E-state index contributed by atoms with van der Waals surface area (Å²) < 4.78 is 0. The fourth-order valence-corrected chi connectivity index (χ4v) is 1.76. The lowest BCUT2D eigenvalue weighted by Crippen LogP contribution is -2.43. The summed E-state index contributed by atoms with van der Waals surface area (Å²) in [6.45, 7) is 5.73. The molecule has 90 valence electrons. The van der Waals surface area contributed by atoms with Crippen LogP contribution in [-0.4, -0.2) is 22.4 Å². The van der Waals surface area contributed by atoms with E-state index in [1.165, 1.54) is 0 Å². The number of phenols is 1. The first-order valence-electron chi connectivity index (χ1n) is 5.23. The number of hydrogen-bond acceptors (Lipinski definition) is 3. The zero-order chi connectivity index (χ0) is 12.3. The average Bonchev–Trinajstić information content (AvgIpc) is 2.21. The molecule has 3 nitrogen and oxygen atoms in total. The van der Waals surface area contributed by atoms with Gasteiger partial charge in [-0.3, -0.25) is 0 Å². The first-order chi connectivity index (χ1) is 7.35. The van der Waals surface area contributed by atoms with E-state index in [4.69, 9.17) is 16.7 Å².